The van der Waals surface area contributed by atoms with Crippen LogP contribution in [0.1, 0.15) is 45.1 Å². The highest BCUT2D eigenvalue weighted by atomic mass is 16.4. The summed E-state index contributed by atoms with van der Waals surface area (Å²) in [6, 6.07) is 1.82. The number of aromatic nitrogens is 2. The van der Waals surface area contributed by atoms with Gasteiger partial charge in [0.1, 0.15) is 17.2 Å². The first-order valence-electron chi connectivity index (χ1n) is 6.33. The number of carbonyl (C=O) groups is 1. The number of anilines is 1. The number of hydrogen-bond acceptors (Lipinski definition) is 4. The van der Waals surface area contributed by atoms with Gasteiger partial charge in [-0.1, -0.05) is 20.8 Å². The van der Waals surface area contributed by atoms with Gasteiger partial charge >= 0.3 is 5.97 Å². The number of nitrogens with zero attached hydrogens (tertiary/aromatic N) is 2. The Morgan fingerprint density at radius 1 is 1.33 bits per heavy atom. The lowest BCUT2D eigenvalue weighted by Gasteiger charge is -2.28. The van der Waals surface area contributed by atoms with E-state index < -0.39 is 11.5 Å². The van der Waals surface area contributed by atoms with E-state index in [0.29, 0.717) is 24.5 Å². The minimum Gasteiger partial charge on any atom is -0.480 e. The van der Waals surface area contributed by atoms with Gasteiger partial charge in [0, 0.05) is 11.8 Å². The quantitative estimate of drug-likeness (QED) is 0.812. The van der Waals surface area contributed by atoms with Gasteiger partial charge in [0.2, 0.25) is 0 Å². The summed E-state index contributed by atoms with van der Waals surface area (Å²) in [5, 5.41) is 12.4. The molecule has 5 heteroatoms. The molecule has 1 heterocycles. The van der Waals surface area contributed by atoms with Crippen LogP contribution in [0.2, 0.25) is 0 Å². The summed E-state index contributed by atoms with van der Waals surface area (Å²) < 4.78 is 0. The third-order valence-corrected chi connectivity index (χ3v) is 3.24. The standard InChI is InChI=1S/C13H21N3O2/c1-5-10-8-11(15-9(4)14-10)16-13(6-2,7-3)12(17)18/h8H,5-7H2,1-4H3,(H,17,18)(H,14,15,16). The smallest absolute Gasteiger partial charge is 0.329 e. The van der Waals surface area contributed by atoms with Gasteiger partial charge in [-0.2, -0.15) is 0 Å². The Labute approximate surface area is 108 Å². The Hall–Kier alpha value is -1.65. The molecule has 0 aliphatic rings. The number of rotatable bonds is 6. The molecular formula is C13H21N3O2. The van der Waals surface area contributed by atoms with Gasteiger partial charge < -0.3 is 10.4 Å². The molecule has 0 bridgehead atoms. The molecule has 0 unspecified atom stereocenters. The molecule has 0 saturated carbocycles. The van der Waals surface area contributed by atoms with Crippen molar-refractivity contribution < 1.29 is 9.90 Å². The summed E-state index contributed by atoms with van der Waals surface area (Å²) in [6.07, 6.45) is 1.81. The molecular weight excluding hydrogens is 230 g/mol. The van der Waals surface area contributed by atoms with Crippen molar-refractivity contribution >= 4 is 11.8 Å². The van der Waals surface area contributed by atoms with Crippen molar-refractivity contribution in [2.75, 3.05) is 5.32 Å². The van der Waals surface area contributed by atoms with E-state index >= 15 is 0 Å². The SMILES string of the molecule is CCc1cc(NC(CC)(CC)C(=O)O)nc(C)n1. The van der Waals surface area contributed by atoms with Crippen LogP contribution in [-0.4, -0.2) is 26.6 Å². The largest absolute Gasteiger partial charge is 0.480 e. The van der Waals surface area contributed by atoms with E-state index in [1.165, 1.54) is 0 Å². The fraction of sp³-hybridized carbons (Fsp3) is 0.615. The molecule has 5 nitrogen and oxygen atoms in total. The van der Waals surface area contributed by atoms with Gasteiger partial charge in [-0.25, -0.2) is 14.8 Å². The third-order valence-electron chi connectivity index (χ3n) is 3.24. The van der Waals surface area contributed by atoms with Crippen molar-refractivity contribution in [3.63, 3.8) is 0 Å². The van der Waals surface area contributed by atoms with E-state index in [2.05, 4.69) is 15.3 Å². The Kier molecular flexibility index (Phi) is 4.64. The first kappa shape index (κ1) is 14.4. The monoisotopic (exact) mass is 251 g/mol. The van der Waals surface area contributed by atoms with Crippen molar-refractivity contribution in [1.82, 2.24) is 9.97 Å². The van der Waals surface area contributed by atoms with Crippen molar-refractivity contribution in [1.29, 1.82) is 0 Å². The van der Waals surface area contributed by atoms with Gasteiger partial charge in [-0.05, 0) is 26.2 Å². The van der Waals surface area contributed by atoms with Crippen molar-refractivity contribution in [2.45, 2.75) is 52.5 Å². The van der Waals surface area contributed by atoms with Crippen molar-refractivity contribution in [3.8, 4) is 0 Å². The van der Waals surface area contributed by atoms with Crippen LogP contribution in [0, 0.1) is 6.92 Å². The maximum Gasteiger partial charge on any atom is 0.329 e. The second-order valence-corrected chi connectivity index (χ2v) is 4.36. The highest BCUT2D eigenvalue weighted by Gasteiger charge is 2.35. The van der Waals surface area contributed by atoms with Crippen LogP contribution in [0.3, 0.4) is 0 Å². The summed E-state index contributed by atoms with van der Waals surface area (Å²) >= 11 is 0. The zero-order valence-electron chi connectivity index (χ0n) is 11.4. The number of hydrogen-bond donors (Lipinski definition) is 2. The van der Waals surface area contributed by atoms with Crippen molar-refractivity contribution in [3.05, 3.63) is 17.6 Å². The Morgan fingerprint density at radius 3 is 2.39 bits per heavy atom. The van der Waals surface area contributed by atoms with Crippen LogP contribution in [0.15, 0.2) is 6.07 Å². The first-order valence-corrected chi connectivity index (χ1v) is 6.33. The predicted octanol–water partition coefficient (Wildman–Crippen LogP) is 2.40. The summed E-state index contributed by atoms with van der Waals surface area (Å²) in [5.74, 6) is 0.399. The second-order valence-electron chi connectivity index (χ2n) is 4.36. The fourth-order valence-corrected chi connectivity index (χ4v) is 1.90. The lowest BCUT2D eigenvalue weighted by atomic mass is 9.93. The Morgan fingerprint density at radius 2 is 1.94 bits per heavy atom. The normalized spacial score (nSPS) is 11.3. The minimum atomic E-state index is -0.953. The molecule has 0 atom stereocenters. The summed E-state index contributed by atoms with van der Waals surface area (Å²) in [7, 11) is 0. The van der Waals surface area contributed by atoms with Crippen LogP contribution < -0.4 is 5.32 Å². The van der Waals surface area contributed by atoms with E-state index in [1.54, 1.807) is 0 Å². The molecule has 0 aliphatic heterocycles. The molecule has 0 spiro atoms. The average molecular weight is 251 g/mol. The van der Waals surface area contributed by atoms with Crippen LogP contribution >= 0.6 is 0 Å². The topological polar surface area (TPSA) is 75.1 Å². The Bertz CT molecular complexity index is 428. The molecule has 0 fully saturated rings. The molecule has 100 valence electrons. The average Bonchev–Trinajstić information content (AvgIpc) is 2.35. The summed E-state index contributed by atoms with van der Waals surface area (Å²) in [5.41, 5.74) is -0.0392. The zero-order valence-corrected chi connectivity index (χ0v) is 11.4. The predicted molar refractivity (Wildman–Crippen MR) is 70.7 cm³/mol. The maximum absolute atomic E-state index is 11.4. The van der Waals surface area contributed by atoms with E-state index in [0.717, 1.165) is 12.1 Å². The molecule has 1 aromatic rings. The van der Waals surface area contributed by atoms with E-state index in [-0.39, 0.29) is 0 Å². The minimum absolute atomic E-state index is 0.503. The maximum atomic E-state index is 11.4. The van der Waals surface area contributed by atoms with Crippen LogP contribution in [-0.2, 0) is 11.2 Å². The van der Waals surface area contributed by atoms with Crippen molar-refractivity contribution in [2.24, 2.45) is 0 Å². The molecule has 0 aliphatic carbocycles. The summed E-state index contributed by atoms with van der Waals surface area (Å²) in [4.78, 5) is 20.0. The molecule has 0 radical (unpaired) electrons. The number of carboxylic acid groups (broad SMARTS) is 1. The molecule has 1 aromatic heterocycles. The summed E-state index contributed by atoms with van der Waals surface area (Å²) in [6.45, 7) is 7.54. The van der Waals surface area contributed by atoms with Gasteiger partial charge in [0.05, 0.1) is 0 Å². The highest BCUT2D eigenvalue weighted by molar-refractivity contribution is 5.82. The third kappa shape index (κ3) is 2.97. The molecule has 2 N–H and O–H groups in total. The molecule has 0 aromatic carbocycles. The molecule has 1 rings (SSSR count). The van der Waals surface area contributed by atoms with Gasteiger partial charge in [-0.15, -0.1) is 0 Å². The Balaban J connectivity index is 3.08. The van der Waals surface area contributed by atoms with Gasteiger partial charge in [0.25, 0.3) is 0 Å². The van der Waals surface area contributed by atoms with Crippen LogP contribution in [0.4, 0.5) is 5.82 Å². The molecule has 0 saturated heterocycles. The van der Waals surface area contributed by atoms with E-state index in [1.807, 2.05) is 33.8 Å². The van der Waals surface area contributed by atoms with Gasteiger partial charge in [-0.3, -0.25) is 0 Å². The molecule has 18 heavy (non-hydrogen) atoms. The lowest BCUT2D eigenvalue weighted by Crippen LogP contribution is -2.45. The molecule has 0 amide bonds. The second kappa shape index (κ2) is 5.80. The number of aliphatic carboxylic acids is 1. The fourth-order valence-electron chi connectivity index (χ4n) is 1.90. The number of carboxylic acids is 1. The van der Waals surface area contributed by atoms with Crippen LogP contribution in [0.25, 0.3) is 0 Å². The number of nitrogens with one attached hydrogen (secondary N) is 1. The van der Waals surface area contributed by atoms with Crippen LogP contribution in [0.5, 0.6) is 0 Å². The number of aryl methyl sites for hydroxylation is 2. The first-order chi connectivity index (χ1) is 8.47. The zero-order chi connectivity index (χ0) is 13.8. The highest BCUT2D eigenvalue weighted by Crippen LogP contribution is 2.22. The van der Waals surface area contributed by atoms with Gasteiger partial charge in [0.15, 0.2) is 0 Å². The van der Waals surface area contributed by atoms with E-state index in [4.69, 9.17) is 0 Å². The van der Waals surface area contributed by atoms with E-state index in [9.17, 15) is 9.90 Å². The lowest BCUT2D eigenvalue weighted by molar-refractivity contribution is -0.142.